The number of carboxylic acid groups (broad SMARTS) is 1. The molecule has 123 valence electrons. The molecule has 4 nitrogen and oxygen atoms in total. The molecule has 0 amide bonds. The van der Waals surface area contributed by atoms with Crippen molar-refractivity contribution in [1.29, 1.82) is 0 Å². The first-order chi connectivity index (χ1) is 10.3. The summed E-state index contributed by atoms with van der Waals surface area (Å²) in [7, 11) is 0. The van der Waals surface area contributed by atoms with Gasteiger partial charge in [0.2, 0.25) is 0 Å². The van der Waals surface area contributed by atoms with E-state index < -0.39 is 23.6 Å². The zero-order valence-electron chi connectivity index (χ0n) is 13.3. The van der Waals surface area contributed by atoms with E-state index >= 15 is 0 Å². The third kappa shape index (κ3) is 5.45. The van der Waals surface area contributed by atoms with Gasteiger partial charge in [0.15, 0.2) is 0 Å². The molecule has 1 radical (unpaired) electrons. The van der Waals surface area contributed by atoms with Gasteiger partial charge in [-0.2, -0.15) is 13.2 Å². The number of hydrogen-bond acceptors (Lipinski definition) is 3. The Bertz CT molecular complexity index is 514. The van der Waals surface area contributed by atoms with Crippen LogP contribution in [0.25, 0.3) is 0 Å². The average Bonchev–Trinajstić information content (AvgIpc) is 2.47. The van der Waals surface area contributed by atoms with Gasteiger partial charge in [-0.3, -0.25) is 9.69 Å². The monoisotopic (exact) mass is 323 g/mol. The summed E-state index contributed by atoms with van der Waals surface area (Å²) in [5.74, 6) is -1.23. The van der Waals surface area contributed by atoms with Crippen LogP contribution in [0.2, 0.25) is 0 Å². The van der Waals surface area contributed by atoms with Crippen molar-refractivity contribution in [2.45, 2.75) is 13.1 Å². The van der Waals surface area contributed by atoms with Crippen molar-refractivity contribution < 1.29 is 23.1 Å². The molecular formula is C15H19F3LiN2O2. The third-order valence-electron chi connectivity index (χ3n) is 3.89. The molecule has 0 spiro atoms. The number of carbonyl (C=O) groups is 1. The Labute approximate surface area is 145 Å². The molecule has 0 aromatic heterocycles. The predicted octanol–water partition coefficient (Wildman–Crippen LogP) is 2.17. The summed E-state index contributed by atoms with van der Waals surface area (Å²) in [4.78, 5) is 14.9. The van der Waals surface area contributed by atoms with Gasteiger partial charge in [-0.1, -0.05) is 6.92 Å². The van der Waals surface area contributed by atoms with Crippen LogP contribution in [0.3, 0.4) is 0 Å². The second kappa shape index (κ2) is 8.09. The van der Waals surface area contributed by atoms with Crippen molar-refractivity contribution in [2.24, 2.45) is 5.92 Å². The number of alkyl halides is 3. The number of halogens is 3. The van der Waals surface area contributed by atoms with Gasteiger partial charge in [0, 0.05) is 57.3 Å². The van der Waals surface area contributed by atoms with Crippen molar-refractivity contribution in [3.63, 3.8) is 0 Å². The number of hydrogen-bond donors (Lipinski definition) is 1. The Morgan fingerprint density at radius 2 is 1.70 bits per heavy atom. The first kappa shape index (κ1) is 19.9. The maximum Gasteiger partial charge on any atom is 0.416 e. The van der Waals surface area contributed by atoms with Gasteiger partial charge >= 0.3 is 12.1 Å². The Hall–Kier alpha value is -1.16. The zero-order valence-corrected chi connectivity index (χ0v) is 13.3. The minimum absolute atomic E-state index is 0. The van der Waals surface area contributed by atoms with Crippen molar-refractivity contribution in [3.8, 4) is 0 Å². The standard InChI is InChI=1S/C15H19F3N2O2.Li/c1-11(14(21)22)10-19-6-8-20(9-7-19)13-4-2-12(3-5-13)15(16,17)18;/h2-5,11H,6-10H2,1H3,(H,21,22);. The maximum absolute atomic E-state index is 12.5. The van der Waals surface area contributed by atoms with Crippen LogP contribution in [-0.2, 0) is 11.0 Å². The molecule has 8 heteroatoms. The average molecular weight is 323 g/mol. The number of carboxylic acids is 1. The molecule has 0 aliphatic carbocycles. The second-order valence-electron chi connectivity index (χ2n) is 5.57. The summed E-state index contributed by atoms with van der Waals surface area (Å²) in [6.45, 7) is 4.94. The Morgan fingerprint density at radius 1 is 1.17 bits per heavy atom. The number of aliphatic carboxylic acids is 1. The first-order valence-corrected chi connectivity index (χ1v) is 7.15. The van der Waals surface area contributed by atoms with Gasteiger partial charge in [-0.25, -0.2) is 0 Å². The molecule has 1 heterocycles. The summed E-state index contributed by atoms with van der Waals surface area (Å²) < 4.78 is 37.6. The quantitative estimate of drug-likeness (QED) is 0.863. The number of benzene rings is 1. The Balaban J connectivity index is 0.00000264. The summed E-state index contributed by atoms with van der Waals surface area (Å²) in [5, 5.41) is 8.91. The van der Waals surface area contributed by atoms with Crippen molar-refractivity contribution in [3.05, 3.63) is 29.8 Å². The van der Waals surface area contributed by atoms with Crippen molar-refractivity contribution in [2.75, 3.05) is 37.6 Å². The smallest absolute Gasteiger partial charge is 0.416 e. The van der Waals surface area contributed by atoms with Gasteiger partial charge in [0.05, 0.1) is 11.5 Å². The van der Waals surface area contributed by atoms with Crippen LogP contribution in [0.4, 0.5) is 18.9 Å². The van der Waals surface area contributed by atoms with Gasteiger partial charge < -0.3 is 10.0 Å². The minimum Gasteiger partial charge on any atom is -0.481 e. The number of anilines is 1. The summed E-state index contributed by atoms with van der Waals surface area (Å²) >= 11 is 0. The minimum atomic E-state index is -4.32. The number of nitrogens with zero attached hydrogens (tertiary/aromatic N) is 2. The Morgan fingerprint density at radius 3 is 2.13 bits per heavy atom. The summed E-state index contributed by atoms with van der Waals surface area (Å²) in [6.07, 6.45) is -4.32. The van der Waals surface area contributed by atoms with Gasteiger partial charge in [-0.15, -0.1) is 0 Å². The molecule has 1 N–H and O–H groups in total. The molecule has 23 heavy (non-hydrogen) atoms. The Kier molecular flexibility index (Phi) is 6.99. The van der Waals surface area contributed by atoms with Crippen LogP contribution in [0, 0.1) is 5.92 Å². The molecule has 0 saturated carbocycles. The molecule has 1 fully saturated rings. The SMILES string of the molecule is CC(CN1CCN(c2ccc(C(F)(F)F)cc2)CC1)C(=O)O.[Li]. The maximum atomic E-state index is 12.5. The summed E-state index contributed by atoms with van der Waals surface area (Å²) in [6, 6.07) is 5.15. The van der Waals surface area contributed by atoms with Crippen molar-refractivity contribution >= 4 is 30.5 Å². The van der Waals surface area contributed by atoms with E-state index in [1.165, 1.54) is 12.1 Å². The molecule has 0 bridgehead atoms. The molecule has 1 unspecified atom stereocenters. The van der Waals surface area contributed by atoms with E-state index in [9.17, 15) is 18.0 Å². The second-order valence-corrected chi connectivity index (χ2v) is 5.57. The molecule has 1 atom stereocenters. The largest absolute Gasteiger partial charge is 0.481 e. The van der Waals surface area contributed by atoms with E-state index in [2.05, 4.69) is 4.90 Å². The van der Waals surface area contributed by atoms with Crippen LogP contribution in [-0.4, -0.2) is 67.6 Å². The molecule has 1 aromatic rings. The van der Waals surface area contributed by atoms with Gasteiger partial charge in [0.1, 0.15) is 0 Å². The van der Waals surface area contributed by atoms with E-state index in [-0.39, 0.29) is 18.9 Å². The topological polar surface area (TPSA) is 43.8 Å². The van der Waals surface area contributed by atoms with Gasteiger partial charge in [-0.05, 0) is 24.3 Å². The number of rotatable bonds is 4. The fourth-order valence-electron chi connectivity index (χ4n) is 2.52. The van der Waals surface area contributed by atoms with E-state index in [4.69, 9.17) is 5.11 Å². The van der Waals surface area contributed by atoms with E-state index in [0.717, 1.165) is 17.8 Å². The predicted molar refractivity (Wildman–Crippen MR) is 82.7 cm³/mol. The van der Waals surface area contributed by atoms with Crippen LogP contribution in [0.15, 0.2) is 24.3 Å². The van der Waals surface area contributed by atoms with Crippen LogP contribution >= 0.6 is 0 Å². The molecule has 1 aliphatic heterocycles. The van der Waals surface area contributed by atoms with Crippen LogP contribution < -0.4 is 4.90 Å². The normalized spacial score (nSPS) is 17.5. The van der Waals surface area contributed by atoms with E-state index in [0.29, 0.717) is 32.7 Å². The van der Waals surface area contributed by atoms with E-state index in [1.54, 1.807) is 6.92 Å². The molecule has 1 saturated heterocycles. The summed E-state index contributed by atoms with van der Waals surface area (Å²) in [5.41, 5.74) is 0.115. The first-order valence-electron chi connectivity index (χ1n) is 7.15. The molecular weight excluding hydrogens is 304 g/mol. The number of piperazine rings is 1. The van der Waals surface area contributed by atoms with Gasteiger partial charge in [0.25, 0.3) is 0 Å². The zero-order chi connectivity index (χ0) is 16.3. The molecule has 1 aliphatic rings. The van der Waals surface area contributed by atoms with Crippen LogP contribution in [0.1, 0.15) is 12.5 Å². The molecule has 1 aromatic carbocycles. The van der Waals surface area contributed by atoms with E-state index in [1.807, 2.05) is 4.90 Å². The van der Waals surface area contributed by atoms with Crippen LogP contribution in [0.5, 0.6) is 0 Å². The third-order valence-corrected chi connectivity index (χ3v) is 3.89. The fraction of sp³-hybridized carbons (Fsp3) is 0.533. The van der Waals surface area contributed by atoms with Crippen molar-refractivity contribution in [1.82, 2.24) is 4.90 Å². The fourth-order valence-corrected chi connectivity index (χ4v) is 2.52. The molecule has 2 rings (SSSR count).